The first kappa shape index (κ1) is 28.4. The molecule has 43 heavy (non-hydrogen) atoms. The summed E-state index contributed by atoms with van der Waals surface area (Å²) >= 11 is 6.26. The van der Waals surface area contributed by atoms with E-state index in [9.17, 15) is 18.0 Å². The number of piperidine rings is 1. The minimum Gasteiger partial charge on any atom is -0.340 e. The fraction of sp³-hybridized carbons (Fsp3) is 0.194. The first-order chi connectivity index (χ1) is 20.8. The molecular formula is C31H25ClF3N7O. The average molecular weight is 604 g/mol. The van der Waals surface area contributed by atoms with Crippen LogP contribution >= 0.6 is 11.6 Å². The van der Waals surface area contributed by atoms with E-state index in [0.717, 1.165) is 30.5 Å². The van der Waals surface area contributed by atoms with Crippen LogP contribution < -0.4 is 0 Å². The summed E-state index contributed by atoms with van der Waals surface area (Å²) in [6.07, 6.45) is 3.43. The van der Waals surface area contributed by atoms with E-state index in [-0.39, 0.29) is 11.8 Å². The van der Waals surface area contributed by atoms with Crippen LogP contribution in [0.3, 0.4) is 0 Å². The van der Waals surface area contributed by atoms with Crippen molar-refractivity contribution in [3.8, 4) is 16.9 Å². The van der Waals surface area contributed by atoms with Crippen molar-refractivity contribution in [2.24, 2.45) is 0 Å². The van der Waals surface area contributed by atoms with E-state index in [1.807, 2.05) is 30.3 Å². The number of aromatic nitrogens is 6. The number of H-pyrrole nitrogens is 1. The summed E-state index contributed by atoms with van der Waals surface area (Å²) < 4.78 is 40.8. The minimum atomic E-state index is -4.42. The number of halogens is 4. The summed E-state index contributed by atoms with van der Waals surface area (Å²) in [6, 6.07) is 19.6. The lowest BCUT2D eigenvalue weighted by Gasteiger charge is -2.40. The van der Waals surface area contributed by atoms with Crippen LogP contribution in [0.1, 0.15) is 47.3 Å². The Balaban J connectivity index is 1.34. The van der Waals surface area contributed by atoms with E-state index >= 15 is 0 Å². The predicted octanol–water partition coefficient (Wildman–Crippen LogP) is 6.89. The fourth-order valence-corrected chi connectivity index (χ4v) is 5.68. The molecule has 1 N–H and O–H groups in total. The molecule has 2 unspecified atom stereocenters. The molecular weight excluding hydrogens is 579 g/mol. The van der Waals surface area contributed by atoms with Crippen LogP contribution in [-0.2, 0) is 11.0 Å². The Kier molecular flexibility index (Phi) is 7.81. The van der Waals surface area contributed by atoms with Crippen molar-refractivity contribution < 1.29 is 18.0 Å². The first-order valence-electron chi connectivity index (χ1n) is 13.6. The average Bonchev–Trinajstić information content (AvgIpc) is 3.73. The van der Waals surface area contributed by atoms with Gasteiger partial charge in [0.2, 0.25) is 5.91 Å². The maximum Gasteiger partial charge on any atom is 0.416 e. The highest BCUT2D eigenvalue weighted by atomic mass is 35.5. The van der Waals surface area contributed by atoms with Crippen molar-refractivity contribution in [3.05, 3.63) is 119 Å². The number of benzene rings is 3. The standard InChI is InChI=1S/C31H25ClF3N7O/c32-24-13-14-27(42-19-37-39-40-42)22(17-24)10-15-28(43)41-16-4-7-25(20-5-2-1-3-6-20)29(41)30-36-18-26(38-30)21-8-11-23(12-9-21)31(33,34)35/h1-3,5-6,8-15,17-19,25,29H,4,7,16H2,(H,36,38). The number of alkyl halides is 3. The molecule has 0 spiro atoms. The van der Waals surface area contributed by atoms with Crippen molar-refractivity contribution in [3.63, 3.8) is 0 Å². The van der Waals surface area contributed by atoms with Crippen LogP contribution in [0, 0.1) is 0 Å². The van der Waals surface area contributed by atoms with Crippen LogP contribution in [-0.4, -0.2) is 47.5 Å². The molecule has 0 radical (unpaired) electrons. The predicted molar refractivity (Wildman–Crippen MR) is 155 cm³/mol. The minimum absolute atomic E-state index is 0.0538. The fourth-order valence-electron chi connectivity index (χ4n) is 5.50. The lowest BCUT2D eigenvalue weighted by Crippen LogP contribution is -2.41. The van der Waals surface area contributed by atoms with Crippen LogP contribution in [0.5, 0.6) is 0 Å². The largest absolute Gasteiger partial charge is 0.416 e. The molecule has 6 rings (SSSR count). The van der Waals surface area contributed by atoms with E-state index in [1.165, 1.54) is 29.2 Å². The Bertz CT molecular complexity index is 1740. The van der Waals surface area contributed by atoms with Crippen LogP contribution in [0.15, 0.2) is 91.4 Å². The summed E-state index contributed by atoms with van der Waals surface area (Å²) in [4.78, 5) is 23.6. The number of nitrogens with one attached hydrogen (secondary N) is 1. The smallest absolute Gasteiger partial charge is 0.340 e. The van der Waals surface area contributed by atoms with Gasteiger partial charge in [-0.3, -0.25) is 4.79 Å². The summed E-state index contributed by atoms with van der Waals surface area (Å²) in [7, 11) is 0. The van der Waals surface area contributed by atoms with Gasteiger partial charge >= 0.3 is 6.18 Å². The first-order valence-corrected chi connectivity index (χ1v) is 13.9. The van der Waals surface area contributed by atoms with Gasteiger partial charge in [0, 0.05) is 29.1 Å². The third kappa shape index (κ3) is 6.07. The maximum atomic E-state index is 13.8. The topological polar surface area (TPSA) is 92.6 Å². The Hall–Kier alpha value is -4.77. The lowest BCUT2D eigenvalue weighted by atomic mass is 9.83. The summed E-state index contributed by atoms with van der Waals surface area (Å²) in [5.74, 6) is 0.282. The molecule has 1 saturated heterocycles. The monoisotopic (exact) mass is 603 g/mol. The van der Waals surface area contributed by atoms with Crippen LogP contribution in [0.25, 0.3) is 23.0 Å². The van der Waals surface area contributed by atoms with Gasteiger partial charge in [0.15, 0.2) is 0 Å². The SMILES string of the molecule is O=C(C=Cc1cc(Cl)ccc1-n1cnnn1)N1CCCC(c2ccccc2)C1c1ncc(-c2ccc(C(F)(F)F)cc2)[nH]1. The van der Waals surface area contributed by atoms with E-state index in [0.29, 0.717) is 39.9 Å². The molecule has 8 nitrogen and oxygen atoms in total. The molecule has 1 amide bonds. The molecule has 0 bridgehead atoms. The molecule has 5 aromatic rings. The second-order valence-corrected chi connectivity index (χ2v) is 10.6. The Labute approximate surface area is 249 Å². The Morgan fingerprint density at radius 1 is 1.05 bits per heavy atom. The summed E-state index contributed by atoms with van der Waals surface area (Å²) in [5.41, 5.74) is 2.78. The van der Waals surface area contributed by atoms with Gasteiger partial charge in [-0.25, -0.2) is 4.98 Å². The van der Waals surface area contributed by atoms with E-state index < -0.39 is 17.8 Å². The molecule has 12 heteroatoms. The highest BCUT2D eigenvalue weighted by Gasteiger charge is 2.37. The number of nitrogens with zero attached hydrogens (tertiary/aromatic N) is 6. The second-order valence-electron chi connectivity index (χ2n) is 10.2. The molecule has 1 aliphatic heterocycles. The molecule has 0 saturated carbocycles. The number of amides is 1. The number of rotatable bonds is 6. The van der Waals surface area contributed by atoms with Crippen molar-refractivity contribution in [2.45, 2.75) is 31.0 Å². The van der Waals surface area contributed by atoms with Gasteiger partial charge in [0.1, 0.15) is 12.2 Å². The molecule has 2 atom stereocenters. The van der Waals surface area contributed by atoms with Gasteiger partial charge < -0.3 is 9.88 Å². The van der Waals surface area contributed by atoms with Gasteiger partial charge in [0.05, 0.1) is 29.2 Å². The van der Waals surface area contributed by atoms with Crippen molar-refractivity contribution >= 4 is 23.6 Å². The number of aromatic amines is 1. The number of carbonyl (C=O) groups is 1. The third-order valence-corrected chi connectivity index (χ3v) is 7.77. The van der Waals surface area contributed by atoms with E-state index in [4.69, 9.17) is 11.6 Å². The highest BCUT2D eigenvalue weighted by molar-refractivity contribution is 6.30. The zero-order valence-corrected chi connectivity index (χ0v) is 23.4. The molecule has 3 heterocycles. The number of carbonyl (C=O) groups excluding carboxylic acids is 1. The third-order valence-electron chi connectivity index (χ3n) is 7.53. The highest BCUT2D eigenvalue weighted by Crippen LogP contribution is 2.42. The normalized spacial score (nSPS) is 17.4. The van der Waals surface area contributed by atoms with Gasteiger partial charge in [0.25, 0.3) is 0 Å². The maximum absolute atomic E-state index is 13.8. The number of imidazole rings is 1. The van der Waals surface area contributed by atoms with Crippen molar-refractivity contribution in [1.82, 2.24) is 35.1 Å². The van der Waals surface area contributed by atoms with E-state index in [2.05, 4.69) is 25.5 Å². The zero-order chi connectivity index (χ0) is 30.0. The Morgan fingerprint density at radius 3 is 2.56 bits per heavy atom. The van der Waals surface area contributed by atoms with Gasteiger partial charge in [-0.15, -0.1) is 5.10 Å². The van der Waals surface area contributed by atoms with E-state index in [1.54, 1.807) is 35.4 Å². The van der Waals surface area contributed by atoms with Crippen LogP contribution in [0.2, 0.25) is 5.02 Å². The molecule has 218 valence electrons. The molecule has 1 fully saturated rings. The number of likely N-dealkylation sites (tertiary alicyclic amines) is 1. The van der Waals surface area contributed by atoms with Crippen molar-refractivity contribution in [2.75, 3.05) is 6.54 Å². The number of hydrogen-bond acceptors (Lipinski definition) is 5. The van der Waals surface area contributed by atoms with Gasteiger partial charge in [-0.2, -0.15) is 17.9 Å². The van der Waals surface area contributed by atoms with Crippen molar-refractivity contribution in [1.29, 1.82) is 0 Å². The molecule has 1 aliphatic rings. The summed E-state index contributed by atoms with van der Waals surface area (Å²) in [5, 5.41) is 11.8. The number of hydrogen-bond donors (Lipinski definition) is 1. The lowest BCUT2D eigenvalue weighted by molar-refractivity contribution is -0.137. The number of tetrazole rings is 1. The summed E-state index contributed by atoms with van der Waals surface area (Å²) in [6.45, 7) is 0.503. The molecule has 3 aromatic carbocycles. The quantitative estimate of drug-likeness (QED) is 0.214. The second kappa shape index (κ2) is 11.8. The van der Waals surface area contributed by atoms with Gasteiger partial charge in [-0.1, -0.05) is 54.1 Å². The molecule has 2 aromatic heterocycles. The van der Waals surface area contributed by atoms with Crippen LogP contribution in [0.4, 0.5) is 13.2 Å². The Morgan fingerprint density at radius 2 is 1.84 bits per heavy atom. The zero-order valence-electron chi connectivity index (χ0n) is 22.6. The molecule has 0 aliphatic carbocycles. The van der Waals surface area contributed by atoms with Gasteiger partial charge in [-0.05, 0) is 70.8 Å².